The first-order chi connectivity index (χ1) is 20.8. The Morgan fingerprint density at radius 3 is 2.49 bits per heavy atom. The van der Waals surface area contributed by atoms with E-state index in [1.807, 2.05) is 18.2 Å². The Morgan fingerprint density at radius 1 is 1.02 bits per heavy atom. The lowest BCUT2D eigenvalue weighted by atomic mass is 9.96. The van der Waals surface area contributed by atoms with Crippen LogP contribution in [0.1, 0.15) is 31.7 Å². The smallest absolute Gasteiger partial charge is 0.225 e. The number of nitrogens with zero attached hydrogens (tertiary/aromatic N) is 6. The summed E-state index contributed by atoms with van der Waals surface area (Å²) in [4.78, 5) is 32.2. The van der Waals surface area contributed by atoms with Crippen LogP contribution in [0.2, 0.25) is 10.0 Å². The highest BCUT2D eigenvalue weighted by Crippen LogP contribution is 2.31. The summed E-state index contributed by atoms with van der Waals surface area (Å²) in [5.41, 5.74) is 2.58. The number of ether oxygens (including phenoxy) is 1. The van der Waals surface area contributed by atoms with Gasteiger partial charge < -0.3 is 20.1 Å². The van der Waals surface area contributed by atoms with Crippen molar-refractivity contribution in [3.8, 4) is 22.9 Å². The molecule has 1 amide bonds. The Kier molecular flexibility index (Phi) is 9.30. The van der Waals surface area contributed by atoms with Crippen molar-refractivity contribution in [2.45, 2.75) is 44.9 Å². The Bertz CT molecular complexity index is 1420. The molecular weight excluding hydrogens is 589 g/mol. The zero-order chi connectivity index (χ0) is 29.9. The Balaban J connectivity index is 1.17. The van der Waals surface area contributed by atoms with Crippen LogP contribution in [-0.2, 0) is 11.3 Å². The van der Waals surface area contributed by atoms with Crippen LogP contribution in [0.15, 0.2) is 42.7 Å². The highest BCUT2D eigenvalue weighted by Gasteiger charge is 2.36. The molecule has 12 heteroatoms. The number of halogens is 2. The molecule has 6 rings (SSSR count). The maximum Gasteiger partial charge on any atom is 0.225 e. The normalized spacial score (nSPS) is 21.5. The second-order valence-corrected chi connectivity index (χ2v) is 12.7. The molecule has 2 aromatic heterocycles. The van der Waals surface area contributed by atoms with Gasteiger partial charge in [0.15, 0.2) is 5.75 Å². The molecule has 2 atom stereocenters. The number of benzene rings is 1. The van der Waals surface area contributed by atoms with Gasteiger partial charge in [-0.1, -0.05) is 23.2 Å². The van der Waals surface area contributed by atoms with Crippen molar-refractivity contribution in [1.82, 2.24) is 30.1 Å². The number of piperidine rings is 1. The number of fused-ring (bicyclic) bond motifs is 1. The first kappa shape index (κ1) is 30.0. The third-order valence-corrected chi connectivity index (χ3v) is 8.92. The van der Waals surface area contributed by atoms with Crippen LogP contribution in [0, 0.1) is 5.92 Å². The number of amides is 1. The van der Waals surface area contributed by atoms with Crippen LogP contribution in [0.3, 0.4) is 0 Å². The predicted molar refractivity (Wildman–Crippen MR) is 167 cm³/mol. The molecule has 1 aromatic carbocycles. The van der Waals surface area contributed by atoms with E-state index >= 15 is 0 Å². The standard InChI is InChI=1S/C31H37Cl2N7O3/c1-20(41)34-14-21-2-4-38(5-3-21)17-22-8-29(23-10-24(32)12-25(33)11-23)37-30(9-22)43-28-15-35-31(36-16-28)40-7-6-39-19-27(42)13-26(39)18-40/h8-12,15-16,21,26-27,42H,2-7,13-14,17-19H2,1H3,(H,34,41). The molecule has 0 aliphatic carbocycles. The number of rotatable bonds is 8. The van der Waals surface area contributed by atoms with Crippen molar-refractivity contribution in [3.63, 3.8) is 0 Å². The molecule has 0 saturated carbocycles. The van der Waals surface area contributed by atoms with E-state index in [1.54, 1.807) is 25.4 Å². The molecule has 0 radical (unpaired) electrons. The van der Waals surface area contributed by atoms with Crippen molar-refractivity contribution in [3.05, 3.63) is 58.3 Å². The van der Waals surface area contributed by atoms with Crippen LogP contribution in [-0.4, -0.2) is 93.7 Å². The van der Waals surface area contributed by atoms with Crippen LogP contribution in [0.4, 0.5) is 5.95 Å². The van der Waals surface area contributed by atoms with Gasteiger partial charge in [0.1, 0.15) is 0 Å². The van der Waals surface area contributed by atoms with Gasteiger partial charge in [-0.05, 0) is 68.1 Å². The van der Waals surface area contributed by atoms with E-state index in [-0.39, 0.29) is 12.0 Å². The number of aliphatic hydroxyl groups is 1. The van der Waals surface area contributed by atoms with E-state index in [9.17, 15) is 9.90 Å². The van der Waals surface area contributed by atoms with Gasteiger partial charge in [-0.2, -0.15) is 0 Å². The third kappa shape index (κ3) is 7.74. The molecule has 3 fully saturated rings. The van der Waals surface area contributed by atoms with Crippen LogP contribution in [0.25, 0.3) is 11.3 Å². The summed E-state index contributed by atoms with van der Waals surface area (Å²) in [7, 11) is 0. The number of likely N-dealkylation sites (tertiary alicyclic amines) is 1. The summed E-state index contributed by atoms with van der Waals surface area (Å²) in [6.45, 7) is 8.20. The number of hydrogen-bond acceptors (Lipinski definition) is 9. The van der Waals surface area contributed by atoms with E-state index in [0.717, 1.165) is 82.7 Å². The molecule has 0 spiro atoms. The highest BCUT2D eigenvalue weighted by molar-refractivity contribution is 6.35. The van der Waals surface area contributed by atoms with Gasteiger partial charge in [-0.3, -0.25) is 14.6 Å². The fourth-order valence-electron chi connectivity index (χ4n) is 6.29. The Labute approximate surface area is 262 Å². The van der Waals surface area contributed by atoms with E-state index in [4.69, 9.17) is 32.9 Å². The molecule has 228 valence electrons. The summed E-state index contributed by atoms with van der Waals surface area (Å²) in [5, 5.41) is 14.1. The molecule has 2 unspecified atom stereocenters. The van der Waals surface area contributed by atoms with Gasteiger partial charge in [-0.25, -0.2) is 15.0 Å². The topological polar surface area (TPSA) is 107 Å². The molecule has 3 saturated heterocycles. The van der Waals surface area contributed by atoms with Crippen molar-refractivity contribution in [2.75, 3.05) is 50.7 Å². The summed E-state index contributed by atoms with van der Waals surface area (Å²) in [5.74, 6) is 2.11. The SMILES string of the molecule is CC(=O)NCC1CCN(Cc2cc(Oc3cnc(N4CCN5CC(O)CC5C4)nc3)nc(-c3cc(Cl)cc(Cl)c3)c2)CC1. The summed E-state index contributed by atoms with van der Waals surface area (Å²) in [6, 6.07) is 9.73. The number of anilines is 1. The zero-order valence-electron chi connectivity index (χ0n) is 24.3. The largest absolute Gasteiger partial charge is 0.436 e. The molecule has 3 aliphatic heterocycles. The second-order valence-electron chi connectivity index (χ2n) is 11.8. The molecule has 0 bridgehead atoms. The lowest BCUT2D eigenvalue weighted by molar-refractivity contribution is -0.119. The summed E-state index contributed by atoms with van der Waals surface area (Å²) < 4.78 is 6.21. The van der Waals surface area contributed by atoms with Crippen molar-refractivity contribution in [2.24, 2.45) is 5.92 Å². The number of hydrogen-bond donors (Lipinski definition) is 2. The van der Waals surface area contributed by atoms with E-state index < -0.39 is 0 Å². The highest BCUT2D eigenvalue weighted by atomic mass is 35.5. The van der Waals surface area contributed by atoms with Crippen molar-refractivity contribution in [1.29, 1.82) is 0 Å². The zero-order valence-corrected chi connectivity index (χ0v) is 25.8. The Morgan fingerprint density at radius 2 is 1.77 bits per heavy atom. The van der Waals surface area contributed by atoms with Gasteiger partial charge >= 0.3 is 0 Å². The number of nitrogens with one attached hydrogen (secondary N) is 1. The number of aliphatic hydroxyl groups excluding tert-OH is 1. The number of piperazine rings is 1. The minimum Gasteiger partial charge on any atom is -0.436 e. The lowest BCUT2D eigenvalue weighted by Crippen LogP contribution is -2.50. The molecule has 3 aliphatic rings. The van der Waals surface area contributed by atoms with Gasteiger partial charge in [0.2, 0.25) is 17.7 Å². The first-order valence-corrected chi connectivity index (χ1v) is 15.6. The number of pyridine rings is 1. The lowest BCUT2D eigenvalue weighted by Gasteiger charge is -2.37. The number of carbonyl (C=O) groups is 1. The molecule has 10 nitrogen and oxygen atoms in total. The summed E-state index contributed by atoms with van der Waals surface area (Å²) >= 11 is 12.7. The average molecular weight is 627 g/mol. The molecule has 43 heavy (non-hydrogen) atoms. The third-order valence-electron chi connectivity index (χ3n) is 8.49. The predicted octanol–water partition coefficient (Wildman–Crippen LogP) is 4.24. The van der Waals surface area contributed by atoms with E-state index in [1.165, 1.54) is 0 Å². The van der Waals surface area contributed by atoms with Crippen LogP contribution >= 0.6 is 23.2 Å². The second kappa shape index (κ2) is 13.3. The van der Waals surface area contributed by atoms with Gasteiger partial charge in [0.25, 0.3) is 0 Å². The maximum absolute atomic E-state index is 11.3. The Hall–Kier alpha value is -3.02. The van der Waals surface area contributed by atoms with E-state index in [0.29, 0.717) is 45.3 Å². The fourth-order valence-corrected chi connectivity index (χ4v) is 6.82. The monoisotopic (exact) mass is 625 g/mol. The molecule has 2 N–H and O–H groups in total. The summed E-state index contributed by atoms with van der Waals surface area (Å²) in [6.07, 6.45) is 5.97. The average Bonchev–Trinajstić information content (AvgIpc) is 3.36. The van der Waals surface area contributed by atoms with Crippen LogP contribution in [0.5, 0.6) is 11.6 Å². The molecule has 3 aromatic rings. The maximum atomic E-state index is 11.3. The molecule has 5 heterocycles. The minimum absolute atomic E-state index is 0.0214. The van der Waals surface area contributed by atoms with Crippen LogP contribution < -0.4 is 15.0 Å². The quantitative estimate of drug-likeness (QED) is 0.380. The van der Waals surface area contributed by atoms with Crippen molar-refractivity contribution >= 4 is 35.1 Å². The number of aromatic nitrogens is 3. The van der Waals surface area contributed by atoms with E-state index in [2.05, 4.69) is 36.1 Å². The first-order valence-electron chi connectivity index (χ1n) is 14.9. The fraction of sp³-hybridized carbons (Fsp3) is 0.484. The number of carbonyl (C=O) groups excluding carboxylic acids is 1. The molecular formula is C31H37Cl2N7O3. The van der Waals surface area contributed by atoms with Gasteiger partial charge in [-0.15, -0.1) is 0 Å². The van der Waals surface area contributed by atoms with Gasteiger partial charge in [0.05, 0.1) is 24.2 Å². The van der Waals surface area contributed by atoms with Crippen molar-refractivity contribution < 1.29 is 14.6 Å². The van der Waals surface area contributed by atoms with Gasteiger partial charge in [0, 0.05) is 73.9 Å². The minimum atomic E-state index is -0.250.